The molecular weight excluding hydrogens is 426 g/mol. The normalized spacial score (nSPS) is 16.8. The maximum absolute atomic E-state index is 14.5. The third-order valence-corrected chi connectivity index (χ3v) is 4.39. The number of aromatic nitrogens is 4. The lowest BCUT2D eigenvalue weighted by Gasteiger charge is -2.22. The highest BCUT2D eigenvalue weighted by Crippen LogP contribution is 2.30. The van der Waals surface area contributed by atoms with Gasteiger partial charge < -0.3 is 14.2 Å². The third kappa shape index (κ3) is 5.39. The van der Waals surface area contributed by atoms with Crippen molar-refractivity contribution in [1.82, 2.24) is 19.3 Å². The molecule has 1 fully saturated rings. The molecule has 168 valence electrons. The van der Waals surface area contributed by atoms with E-state index in [0.29, 0.717) is 23.8 Å². The van der Waals surface area contributed by atoms with E-state index in [1.165, 1.54) is 4.57 Å². The number of halogens is 4. The molecule has 3 rings (SSSR count). The Kier molecular flexibility index (Phi) is 6.91. The van der Waals surface area contributed by atoms with Gasteiger partial charge in [-0.15, -0.1) is 5.10 Å². The van der Waals surface area contributed by atoms with Crippen LogP contribution in [0.25, 0.3) is 10.7 Å². The summed E-state index contributed by atoms with van der Waals surface area (Å²) in [5.74, 6) is -2.39. The van der Waals surface area contributed by atoms with Crippen molar-refractivity contribution in [2.45, 2.75) is 51.8 Å². The van der Waals surface area contributed by atoms with Crippen molar-refractivity contribution in [3.8, 4) is 11.7 Å². The molecule has 31 heavy (non-hydrogen) atoms. The van der Waals surface area contributed by atoms with Gasteiger partial charge in [-0.1, -0.05) is 0 Å². The molecule has 0 radical (unpaired) electrons. The van der Waals surface area contributed by atoms with Gasteiger partial charge in [0, 0.05) is 13.2 Å². The molecule has 13 heteroatoms. The molecule has 0 spiro atoms. The first-order valence-electron chi connectivity index (χ1n) is 9.43. The summed E-state index contributed by atoms with van der Waals surface area (Å²) >= 11 is 0. The maximum Gasteiger partial charge on any atom is 0.422 e. The smallest absolute Gasteiger partial charge is 0.422 e. The molecule has 9 nitrogen and oxygen atoms in total. The number of rotatable bonds is 7. The van der Waals surface area contributed by atoms with Crippen LogP contribution in [0.5, 0.6) is 5.88 Å². The summed E-state index contributed by atoms with van der Waals surface area (Å²) in [6.45, 7) is 7.57. The average molecular weight is 445 g/mol. The van der Waals surface area contributed by atoms with E-state index in [-0.39, 0.29) is 19.0 Å². The minimum atomic E-state index is -4.69. The molecule has 1 unspecified atom stereocenters. The Balaban J connectivity index is 1.93. The molecule has 0 saturated carbocycles. The first kappa shape index (κ1) is 22.7. The Morgan fingerprint density at radius 2 is 2.16 bits per heavy atom. The number of pyridine rings is 1. The SMILES string of the molecule is [C-]#[N+]c1cc(F)c(-n2nc(COC3CCCCO3)n(CC)c2=O)nc1OCC(F)(F)F. The lowest BCUT2D eigenvalue weighted by molar-refractivity contribution is -0.170. The zero-order valence-corrected chi connectivity index (χ0v) is 16.5. The second kappa shape index (κ2) is 9.44. The second-order valence-corrected chi connectivity index (χ2v) is 6.60. The molecule has 2 aromatic heterocycles. The van der Waals surface area contributed by atoms with Crippen LogP contribution in [0.15, 0.2) is 10.9 Å². The van der Waals surface area contributed by atoms with Gasteiger partial charge >= 0.3 is 11.9 Å². The van der Waals surface area contributed by atoms with Crippen LogP contribution in [-0.2, 0) is 22.6 Å². The number of nitrogens with zero attached hydrogens (tertiary/aromatic N) is 5. The zero-order chi connectivity index (χ0) is 22.6. The quantitative estimate of drug-likeness (QED) is 0.481. The van der Waals surface area contributed by atoms with Crippen LogP contribution >= 0.6 is 0 Å². The Morgan fingerprint density at radius 1 is 1.39 bits per heavy atom. The topological polar surface area (TPSA) is 84.8 Å². The molecule has 0 aliphatic carbocycles. The third-order valence-electron chi connectivity index (χ3n) is 4.39. The maximum atomic E-state index is 14.5. The van der Waals surface area contributed by atoms with E-state index in [2.05, 4.69) is 19.7 Å². The highest BCUT2D eigenvalue weighted by atomic mass is 19.4. The Labute approximate surface area is 174 Å². The molecule has 0 amide bonds. The molecule has 1 saturated heterocycles. The zero-order valence-electron chi connectivity index (χ0n) is 16.5. The van der Waals surface area contributed by atoms with Crippen molar-refractivity contribution < 1.29 is 31.8 Å². The van der Waals surface area contributed by atoms with Crippen molar-refractivity contribution in [1.29, 1.82) is 0 Å². The van der Waals surface area contributed by atoms with Gasteiger partial charge in [-0.05, 0) is 32.3 Å². The molecule has 1 atom stereocenters. The highest BCUT2D eigenvalue weighted by Gasteiger charge is 2.30. The average Bonchev–Trinajstić information content (AvgIpc) is 3.06. The van der Waals surface area contributed by atoms with E-state index in [0.717, 1.165) is 12.8 Å². The first-order chi connectivity index (χ1) is 14.7. The lowest BCUT2D eigenvalue weighted by atomic mass is 10.2. The summed E-state index contributed by atoms with van der Waals surface area (Å²) in [5.41, 5.74) is -1.33. The fourth-order valence-corrected chi connectivity index (χ4v) is 2.95. The van der Waals surface area contributed by atoms with E-state index in [1.807, 2.05) is 0 Å². The van der Waals surface area contributed by atoms with Gasteiger partial charge in [0.15, 0.2) is 30.4 Å². The van der Waals surface area contributed by atoms with E-state index in [4.69, 9.17) is 16.0 Å². The number of ether oxygens (including phenoxy) is 3. The van der Waals surface area contributed by atoms with Crippen LogP contribution in [0.3, 0.4) is 0 Å². The summed E-state index contributed by atoms with van der Waals surface area (Å²) in [7, 11) is 0. The van der Waals surface area contributed by atoms with Gasteiger partial charge in [-0.3, -0.25) is 4.57 Å². The van der Waals surface area contributed by atoms with Gasteiger partial charge in [0.1, 0.15) is 6.61 Å². The monoisotopic (exact) mass is 445 g/mol. The molecule has 0 N–H and O–H groups in total. The minimum Gasteiger partial charge on any atom is -0.477 e. The van der Waals surface area contributed by atoms with E-state index in [9.17, 15) is 22.4 Å². The van der Waals surface area contributed by atoms with Gasteiger partial charge in [-0.2, -0.15) is 17.9 Å². The van der Waals surface area contributed by atoms with E-state index >= 15 is 0 Å². The van der Waals surface area contributed by atoms with Gasteiger partial charge in [0.05, 0.1) is 6.57 Å². The van der Waals surface area contributed by atoms with E-state index < -0.39 is 48.0 Å². The number of hydrogen-bond donors (Lipinski definition) is 0. The minimum absolute atomic E-state index is 0.0973. The second-order valence-electron chi connectivity index (χ2n) is 6.60. The predicted octanol–water partition coefficient (Wildman–Crippen LogP) is 3.12. The van der Waals surface area contributed by atoms with Crippen LogP contribution in [0, 0.1) is 12.4 Å². The van der Waals surface area contributed by atoms with Gasteiger partial charge in [0.25, 0.3) is 0 Å². The van der Waals surface area contributed by atoms with Crippen molar-refractivity contribution in [3.63, 3.8) is 0 Å². The predicted molar refractivity (Wildman–Crippen MR) is 97.4 cm³/mol. The first-order valence-corrected chi connectivity index (χ1v) is 9.43. The Morgan fingerprint density at radius 3 is 2.77 bits per heavy atom. The summed E-state index contributed by atoms with van der Waals surface area (Å²) in [6.07, 6.45) is -2.59. The van der Waals surface area contributed by atoms with Crippen LogP contribution in [0.4, 0.5) is 23.2 Å². The van der Waals surface area contributed by atoms with Gasteiger partial charge in [0.2, 0.25) is 11.6 Å². The summed E-state index contributed by atoms with van der Waals surface area (Å²) in [5, 5.41) is 4.03. The molecule has 1 aliphatic heterocycles. The van der Waals surface area contributed by atoms with Crippen LogP contribution in [0.1, 0.15) is 32.0 Å². The molecular formula is C18H19F4N5O4. The van der Waals surface area contributed by atoms with Crippen molar-refractivity contribution >= 4 is 5.69 Å². The molecule has 0 bridgehead atoms. The molecule has 1 aliphatic rings. The standard InChI is InChI=1S/C18H19F4N5O4/c1-3-26-13(9-30-14-6-4-5-7-29-14)25-27(17(26)28)15-11(19)8-12(23-2)16(24-15)31-10-18(20,21)22/h8,14H,3-7,9-10H2,1H3. The van der Waals surface area contributed by atoms with Crippen LogP contribution in [0.2, 0.25) is 0 Å². The Hall–Kier alpha value is -2.98. The van der Waals surface area contributed by atoms with E-state index in [1.54, 1.807) is 6.92 Å². The number of hydrogen-bond acceptors (Lipinski definition) is 6. The van der Waals surface area contributed by atoms with Crippen molar-refractivity contribution in [3.05, 3.63) is 39.6 Å². The summed E-state index contributed by atoms with van der Waals surface area (Å²) < 4.78 is 69.4. The molecule has 3 heterocycles. The van der Waals surface area contributed by atoms with Gasteiger partial charge in [-0.25, -0.2) is 19.0 Å². The fourth-order valence-electron chi connectivity index (χ4n) is 2.95. The summed E-state index contributed by atoms with van der Waals surface area (Å²) in [6, 6.07) is 0.643. The largest absolute Gasteiger partial charge is 0.477 e. The number of alkyl halides is 3. The summed E-state index contributed by atoms with van der Waals surface area (Å²) in [4.78, 5) is 19.2. The Bertz CT molecular complexity index is 1020. The van der Waals surface area contributed by atoms with Crippen molar-refractivity contribution in [2.75, 3.05) is 13.2 Å². The molecule has 2 aromatic rings. The lowest BCUT2D eigenvalue weighted by Crippen LogP contribution is -2.26. The van der Waals surface area contributed by atoms with Crippen LogP contribution in [-0.4, -0.2) is 45.0 Å². The van der Waals surface area contributed by atoms with Crippen LogP contribution < -0.4 is 10.4 Å². The highest BCUT2D eigenvalue weighted by molar-refractivity contribution is 5.56. The fraction of sp³-hybridized carbons (Fsp3) is 0.556. The van der Waals surface area contributed by atoms with Crippen molar-refractivity contribution in [2.24, 2.45) is 0 Å². The molecule has 0 aromatic carbocycles.